The van der Waals surface area contributed by atoms with Gasteiger partial charge in [0.2, 0.25) is 0 Å². The molecule has 138 valence electrons. The molecule has 5 rings (SSSR count). The van der Waals surface area contributed by atoms with Crippen molar-refractivity contribution >= 4 is 5.57 Å². The van der Waals surface area contributed by atoms with Gasteiger partial charge in [0.25, 0.3) is 0 Å². The molecule has 0 aromatic carbocycles. The smallest absolute Gasteiger partial charge is 0.0343 e. The minimum Gasteiger partial charge on any atom is -0.264 e. The standard InChI is InChI=1S/C25H33N/c1-17-10-12-24(2)19(15-17)6-7-20-22-9-8-21(18-5-4-14-26-16-18)25(22,3)13-11-23(20)24/h4-6,8,14,16-17,20,22-23H,7,9-13,15H2,1-3H3. The lowest BCUT2D eigenvalue weighted by Crippen LogP contribution is -2.49. The third-order valence-corrected chi connectivity index (χ3v) is 8.90. The van der Waals surface area contributed by atoms with E-state index in [1.807, 2.05) is 11.8 Å². The van der Waals surface area contributed by atoms with Crippen molar-refractivity contribution in [2.24, 2.45) is 34.5 Å². The van der Waals surface area contributed by atoms with Crippen molar-refractivity contribution in [3.8, 4) is 0 Å². The van der Waals surface area contributed by atoms with Crippen LogP contribution in [0.5, 0.6) is 0 Å². The zero-order valence-corrected chi connectivity index (χ0v) is 16.7. The van der Waals surface area contributed by atoms with E-state index in [-0.39, 0.29) is 0 Å². The Morgan fingerprint density at radius 1 is 1.00 bits per heavy atom. The van der Waals surface area contributed by atoms with Crippen molar-refractivity contribution in [2.45, 2.75) is 65.7 Å². The first kappa shape index (κ1) is 16.8. The monoisotopic (exact) mass is 347 g/mol. The minimum absolute atomic E-state index is 0.355. The van der Waals surface area contributed by atoms with Crippen molar-refractivity contribution in [3.63, 3.8) is 0 Å². The van der Waals surface area contributed by atoms with Crippen molar-refractivity contribution < 1.29 is 0 Å². The normalized spacial score (nSPS) is 44.4. The van der Waals surface area contributed by atoms with Gasteiger partial charge in [-0.05, 0) is 96.7 Å². The first-order valence-electron chi connectivity index (χ1n) is 10.8. The predicted molar refractivity (Wildman–Crippen MR) is 108 cm³/mol. The van der Waals surface area contributed by atoms with Crippen LogP contribution in [0.15, 0.2) is 42.3 Å². The molecule has 1 aromatic rings. The van der Waals surface area contributed by atoms with Gasteiger partial charge in [-0.3, -0.25) is 4.98 Å². The summed E-state index contributed by atoms with van der Waals surface area (Å²) in [5, 5.41) is 0. The number of hydrogen-bond acceptors (Lipinski definition) is 1. The fraction of sp³-hybridized carbons (Fsp3) is 0.640. The number of rotatable bonds is 1. The molecule has 0 saturated heterocycles. The number of hydrogen-bond donors (Lipinski definition) is 0. The summed E-state index contributed by atoms with van der Waals surface area (Å²) in [5.41, 5.74) is 5.62. The minimum atomic E-state index is 0.355. The number of nitrogens with zero attached hydrogens (tertiary/aromatic N) is 1. The molecule has 0 bridgehead atoms. The Morgan fingerprint density at radius 3 is 2.65 bits per heavy atom. The van der Waals surface area contributed by atoms with E-state index in [1.54, 1.807) is 5.57 Å². The molecule has 1 aromatic heterocycles. The largest absolute Gasteiger partial charge is 0.264 e. The fourth-order valence-corrected chi connectivity index (χ4v) is 7.38. The zero-order chi connectivity index (χ0) is 17.9. The Kier molecular flexibility index (Phi) is 3.75. The van der Waals surface area contributed by atoms with Crippen LogP contribution in [-0.4, -0.2) is 4.98 Å². The van der Waals surface area contributed by atoms with Gasteiger partial charge in [-0.1, -0.05) is 44.6 Å². The molecule has 4 aliphatic rings. The van der Waals surface area contributed by atoms with Gasteiger partial charge >= 0.3 is 0 Å². The third-order valence-electron chi connectivity index (χ3n) is 8.90. The highest BCUT2D eigenvalue weighted by Gasteiger charge is 2.56. The maximum absolute atomic E-state index is 4.40. The van der Waals surface area contributed by atoms with E-state index in [4.69, 9.17) is 0 Å². The quantitative estimate of drug-likeness (QED) is 0.517. The Balaban J connectivity index is 1.48. The van der Waals surface area contributed by atoms with E-state index in [0.29, 0.717) is 10.8 Å². The summed E-state index contributed by atoms with van der Waals surface area (Å²) < 4.78 is 0. The van der Waals surface area contributed by atoms with Gasteiger partial charge < -0.3 is 0 Å². The third kappa shape index (κ3) is 2.25. The summed E-state index contributed by atoms with van der Waals surface area (Å²) in [6.07, 6.45) is 18.8. The molecular weight excluding hydrogens is 314 g/mol. The van der Waals surface area contributed by atoms with Crippen molar-refractivity contribution in [1.82, 2.24) is 4.98 Å². The molecular formula is C25H33N. The Hall–Kier alpha value is -1.37. The molecule has 26 heavy (non-hydrogen) atoms. The van der Waals surface area contributed by atoms with Gasteiger partial charge in [0.05, 0.1) is 0 Å². The van der Waals surface area contributed by atoms with Gasteiger partial charge in [0, 0.05) is 12.4 Å². The highest BCUT2D eigenvalue weighted by molar-refractivity contribution is 5.72. The van der Waals surface area contributed by atoms with E-state index in [1.165, 1.54) is 50.5 Å². The van der Waals surface area contributed by atoms with Gasteiger partial charge in [-0.15, -0.1) is 0 Å². The SMILES string of the molecule is CC1CCC2(C)C(=CCC3C2CCC2(C)C(c4cccnc4)=CCC32)C1. The first-order chi connectivity index (χ1) is 12.5. The van der Waals surface area contributed by atoms with Crippen LogP contribution in [-0.2, 0) is 0 Å². The van der Waals surface area contributed by atoms with Crippen LogP contribution in [0.2, 0.25) is 0 Å². The molecule has 0 radical (unpaired) electrons. The molecule has 1 heteroatoms. The summed E-state index contributed by atoms with van der Waals surface area (Å²) in [4.78, 5) is 4.40. The van der Waals surface area contributed by atoms with Crippen LogP contribution in [0.4, 0.5) is 0 Å². The van der Waals surface area contributed by atoms with Crippen LogP contribution in [0.25, 0.3) is 5.57 Å². The summed E-state index contributed by atoms with van der Waals surface area (Å²) >= 11 is 0. The summed E-state index contributed by atoms with van der Waals surface area (Å²) in [7, 11) is 0. The lowest BCUT2D eigenvalue weighted by molar-refractivity contribution is -0.0137. The van der Waals surface area contributed by atoms with Crippen LogP contribution < -0.4 is 0 Å². The van der Waals surface area contributed by atoms with Gasteiger partial charge in [0.1, 0.15) is 0 Å². The maximum Gasteiger partial charge on any atom is 0.0343 e. The van der Waals surface area contributed by atoms with E-state index in [2.05, 4.69) is 56.2 Å². The average molecular weight is 348 g/mol. The second-order valence-electron chi connectivity index (χ2n) is 10.2. The molecule has 0 spiro atoms. The number of allylic oxidation sites excluding steroid dienone is 4. The number of aromatic nitrogens is 1. The van der Waals surface area contributed by atoms with Crippen LogP contribution in [0.1, 0.15) is 71.3 Å². The first-order valence-corrected chi connectivity index (χ1v) is 10.8. The van der Waals surface area contributed by atoms with Crippen molar-refractivity contribution in [1.29, 1.82) is 0 Å². The summed E-state index contributed by atoms with van der Waals surface area (Å²) in [6, 6.07) is 4.36. The maximum atomic E-state index is 4.40. The van der Waals surface area contributed by atoms with Crippen LogP contribution in [0, 0.1) is 34.5 Å². The van der Waals surface area contributed by atoms with Crippen LogP contribution in [0.3, 0.4) is 0 Å². The molecule has 4 aliphatic carbocycles. The number of pyridine rings is 1. The molecule has 6 atom stereocenters. The lowest BCUT2D eigenvalue weighted by atomic mass is 9.47. The van der Waals surface area contributed by atoms with E-state index >= 15 is 0 Å². The molecule has 0 amide bonds. The topological polar surface area (TPSA) is 12.9 Å². The zero-order valence-electron chi connectivity index (χ0n) is 16.7. The van der Waals surface area contributed by atoms with Crippen molar-refractivity contribution in [2.75, 3.05) is 0 Å². The fourth-order valence-electron chi connectivity index (χ4n) is 7.38. The summed E-state index contributed by atoms with van der Waals surface area (Å²) in [5.74, 6) is 3.51. The molecule has 0 aliphatic heterocycles. The van der Waals surface area contributed by atoms with Gasteiger partial charge in [-0.25, -0.2) is 0 Å². The highest BCUT2D eigenvalue weighted by Crippen LogP contribution is 2.66. The van der Waals surface area contributed by atoms with Crippen molar-refractivity contribution in [3.05, 3.63) is 47.8 Å². The Morgan fingerprint density at radius 2 is 1.85 bits per heavy atom. The summed E-state index contributed by atoms with van der Waals surface area (Å²) in [6.45, 7) is 7.63. The average Bonchev–Trinajstić information content (AvgIpc) is 3.00. The van der Waals surface area contributed by atoms with E-state index < -0.39 is 0 Å². The number of fused-ring (bicyclic) bond motifs is 5. The molecule has 1 nitrogen and oxygen atoms in total. The molecule has 6 unspecified atom stereocenters. The molecule has 2 fully saturated rings. The molecule has 1 heterocycles. The lowest BCUT2D eigenvalue weighted by Gasteiger charge is -2.58. The Labute approximate surface area is 159 Å². The van der Waals surface area contributed by atoms with E-state index in [0.717, 1.165) is 23.7 Å². The Bertz CT molecular complexity index is 760. The van der Waals surface area contributed by atoms with E-state index in [9.17, 15) is 0 Å². The van der Waals surface area contributed by atoms with Gasteiger partial charge in [0.15, 0.2) is 0 Å². The predicted octanol–water partition coefficient (Wildman–Crippen LogP) is 6.67. The second kappa shape index (κ2) is 5.81. The highest BCUT2D eigenvalue weighted by atomic mass is 14.6. The van der Waals surface area contributed by atoms with Crippen LogP contribution >= 0.6 is 0 Å². The molecule has 2 saturated carbocycles. The molecule has 0 N–H and O–H groups in total. The van der Waals surface area contributed by atoms with Gasteiger partial charge in [-0.2, -0.15) is 0 Å². The second-order valence-corrected chi connectivity index (χ2v) is 10.2.